The van der Waals surface area contributed by atoms with Gasteiger partial charge >= 0.3 is 12.1 Å². The Labute approximate surface area is 117 Å². The van der Waals surface area contributed by atoms with Gasteiger partial charge in [-0.15, -0.1) is 11.3 Å². The third-order valence-electron chi connectivity index (χ3n) is 3.26. The Hall–Kier alpha value is -1.63. The molecule has 3 nitrogen and oxygen atoms in total. The number of hydrogen-bond acceptors (Lipinski definition) is 3. The quantitative estimate of drug-likeness (QED) is 0.936. The van der Waals surface area contributed by atoms with E-state index in [9.17, 15) is 18.0 Å². The van der Waals surface area contributed by atoms with Gasteiger partial charge in [-0.2, -0.15) is 13.2 Å². The Bertz CT molecular complexity index is 623. The molecule has 2 aromatic rings. The fraction of sp³-hybridized carbons (Fsp3) is 0.385. The van der Waals surface area contributed by atoms with Crippen LogP contribution in [0.2, 0.25) is 0 Å². The largest absolute Gasteiger partial charge is 0.481 e. The lowest BCUT2D eigenvalue weighted by molar-refractivity contribution is -0.194. The van der Waals surface area contributed by atoms with Crippen molar-refractivity contribution in [2.75, 3.05) is 0 Å². The third-order valence-corrected chi connectivity index (χ3v) is 4.06. The molecule has 0 saturated carbocycles. The van der Waals surface area contributed by atoms with Crippen molar-refractivity contribution in [2.45, 2.75) is 19.5 Å². The molecule has 2 rings (SSSR count). The van der Waals surface area contributed by atoms with Gasteiger partial charge in [0.15, 0.2) is 0 Å². The molecule has 0 radical (unpaired) electrons. The van der Waals surface area contributed by atoms with Gasteiger partial charge < -0.3 is 5.11 Å². The van der Waals surface area contributed by atoms with Crippen LogP contribution in [-0.4, -0.2) is 22.2 Å². The van der Waals surface area contributed by atoms with Crippen molar-refractivity contribution in [3.8, 4) is 0 Å². The summed E-state index contributed by atoms with van der Waals surface area (Å²) < 4.78 is 39.8. The molecule has 0 spiro atoms. The zero-order valence-corrected chi connectivity index (χ0v) is 11.3. The van der Waals surface area contributed by atoms with Crippen molar-refractivity contribution < 1.29 is 23.1 Å². The highest BCUT2D eigenvalue weighted by Gasteiger charge is 2.45. The SMILES string of the molecule is CC(C(=O)O)C(Cc1ccc2ncsc2c1)C(F)(F)F. The molecule has 0 bridgehead atoms. The summed E-state index contributed by atoms with van der Waals surface area (Å²) in [4.78, 5) is 14.9. The average Bonchev–Trinajstić information content (AvgIpc) is 2.80. The lowest BCUT2D eigenvalue weighted by Crippen LogP contribution is -2.34. The van der Waals surface area contributed by atoms with Crippen LogP contribution in [0.25, 0.3) is 10.2 Å². The number of carboxylic acid groups (broad SMARTS) is 1. The molecular formula is C13H12F3NO2S. The number of halogens is 3. The topological polar surface area (TPSA) is 50.2 Å². The van der Waals surface area contributed by atoms with Crippen LogP contribution in [0.4, 0.5) is 13.2 Å². The Morgan fingerprint density at radius 1 is 1.45 bits per heavy atom. The monoisotopic (exact) mass is 303 g/mol. The van der Waals surface area contributed by atoms with Gasteiger partial charge in [-0.05, 0) is 24.1 Å². The molecule has 0 fully saturated rings. The molecule has 108 valence electrons. The summed E-state index contributed by atoms with van der Waals surface area (Å²) in [6.07, 6.45) is -4.88. The maximum atomic E-state index is 13.0. The number of nitrogens with zero attached hydrogens (tertiary/aromatic N) is 1. The molecule has 20 heavy (non-hydrogen) atoms. The molecule has 1 aromatic carbocycles. The summed E-state index contributed by atoms with van der Waals surface area (Å²) >= 11 is 1.34. The van der Waals surface area contributed by atoms with Gasteiger partial charge in [-0.25, -0.2) is 4.98 Å². The highest BCUT2D eigenvalue weighted by Crippen LogP contribution is 2.35. The summed E-state index contributed by atoms with van der Waals surface area (Å²) in [7, 11) is 0. The summed E-state index contributed by atoms with van der Waals surface area (Å²) in [5, 5.41) is 8.82. The number of fused-ring (bicyclic) bond motifs is 1. The van der Waals surface area contributed by atoms with Crippen LogP contribution in [-0.2, 0) is 11.2 Å². The van der Waals surface area contributed by atoms with Crippen LogP contribution >= 0.6 is 11.3 Å². The normalized spacial score (nSPS) is 15.2. The molecule has 0 aliphatic heterocycles. The van der Waals surface area contributed by atoms with E-state index in [0.29, 0.717) is 5.56 Å². The minimum absolute atomic E-state index is 0.342. The second kappa shape index (κ2) is 5.40. The van der Waals surface area contributed by atoms with E-state index in [1.54, 1.807) is 23.7 Å². The third kappa shape index (κ3) is 3.09. The highest BCUT2D eigenvalue weighted by atomic mass is 32.1. The van der Waals surface area contributed by atoms with Crippen LogP contribution in [0, 0.1) is 11.8 Å². The average molecular weight is 303 g/mol. The predicted molar refractivity (Wildman–Crippen MR) is 69.7 cm³/mol. The molecule has 0 amide bonds. The van der Waals surface area contributed by atoms with Gasteiger partial charge in [0.1, 0.15) is 0 Å². The Kier molecular flexibility index (Phi) is 3.99. The van der Waals surface area contributed by atoms with E-state index in [1.165, 1.54) is 11.3 Å². The Balaban J connectivity index is 2.29. The van der Waals surface area contributed by atoms with E-state index < -0.39 is 24.0 Å². The lowest BCUT2D eigenvalue weighted by Gasteiger charge is -2.23. The first kappa shape index (κ1) is 14.8. The second-order valence-electron chi connectivity index (χ2n) is 4.63. The highest BCUT2D eigenvalue weighted by molar-refractivity contribution is 7.16. The van der Waals surface area contributed by atoms with Gasteiger partial charge in [0.05, 0.1) is 27.6 Å². The lowest BCUT2D eigenvalue weighted by atomic mass is 9.87. The van der Waals surface area contributed by atoms with Crippen LogP contribution in [0.5, 0.6) is 0 Å². The van der Waals surface area contributed by atoms with Gasteiger partial charge in [0, 0.05) is 0 Å². The fourth-order valence-corrected chi connectivity index (χ4v) is 2.77. The zero-order chi connectivity index (χ0) is 14.9. The maximum Gasteiger partial charge on any atom is 0.392 e. The summed E-state index contributed by atoms with van der Waals surface area (Å²) in [5.74, 6) is -4.82. The number of carboxylic acids is 1. The van der Waals surface area contributed by atoms with Crippen molar-refractivity contribution in [1.82, 2.24) is 4.98 Å². The molecule has 1 N–H and O–H groups in total. The van der Waals surface area contributed by atoms with Crippen LogP contribution < -0.4 is 0 Å². The van der Waals surface area contributed by atoms with Gasteiger partial charge in [-0.1, -0.05) is 13.0 Å². The molecule has 0 saturated heterocycles. The fourth-order valence-electron chi connectivity index (χ4n) is 2.03. The molecule has 1 heterocycles. The maximum absolute atomic E-state index is 13.0. The Morgan fingerprint density at radius 3 is 2.75 bits per heavy atom. The number of alkyl halides is 3. The number of rotatable bonds is 4. The molecule has 2 atom stereocenters. The van der Waals surface area contributed by atoms with Crippen LogP contribution in [0.15, 0.2) is 23.7 Å². The first-order valence-corrected chi connectivity index (χ1v) is 6.78. The number of thiazole rings is 1. The molecule has 0 aliphatic carbocycles. The first-order valence-electron chi connectivity index (χ1n) is 5.90. The minimum atomic E-state index is -4.54. The molecular weight excluding hydrogens is 291 g/mol. The van der Waals surface area contributed by atoms with E-state index in [4.69, 9.17) is 5.11 Å². The molecule has 0 aliphatic rings. The van der Waals surface area contributed by atoms with Crippen molar-refractivity contribution in [2.24, 2.45) is 11.8 Å². The molecule has 2 unspecified atom stereocenters. The van der Waals surface area contributed by atoms with Crippen molar-refractivity contribution in [1.29, 1.82) is 0 Å². The summed E-state index contributed by atoms with van der Waals surface area (Å²) in [5.41, 5.74) is 2.82. The van der Waals surface area contributed by atoms with Crippen molar-refractivity contribution >= 4 is 27.5 Å². The molecule has 1 aromatic heterocycles. The summed E-state index contributed by atoms with van der Waals surface area (Å²) in [6, 6.07) is 4.86. The number of aromatic nitrogens is 1. The van der Waals surface area contributed by atoms with Gasteiger partial charge in [-0.3, -0.25) is 4.79 Å². The van der Waals surface area contributed by atoms with Crippen LogP contribution in [0.1, 0.15) is 12.5 Å². The number of benzene rings is 1. The number of carbonyl (C=O) groups is 1. The van der Waals surface area contributed by atoms with Crippen molar-refractivity contribution in [3.05, 3.63) is 29.3 Å². The van der Waals surface area contributed by atoms with Gasteiger partial charge in [0.25, 0.3) is 0 Å². The van der Waals surface area contributed by atoms with E-state index in [0.717, 1.165) is 17.1 Å². The second-order valence-corrected chi connectivity index (χ2v) is 5.52. The Morgan fingerprint density at radius 2 is 2.15 bits per heavy atom. The predicted octanol–water partition coefficient (Wildman–Crippen LogP) is 3.74. The molecule has 7 heteroatoms. The van der Waals surface area contributed by atoms with Crippen molar-refractivity contribution in [3.63, 3.8) is 0 Å². The van der Waals surface area contributed by atoms with Gasteiger partial charge in [0.2, 0.25) is 0 Å². The minimum Gasteiger partial charge on any atom is -0.481 e. The standard InChI is InChI=1S/C13H12F3NO2S/c1-7(12(18)19)9(13(14,15)16)4-8-2-3-10-11(5-8)20-6-17-10/h2-3,5-7,9H,4H2,1H3,(H,18,19). The van der Waals surface area contributed by atoms with E-state index in [-0.39, 0.29) is 6.42 Å². The summed E-state index contributed by atoms with van der Waals surface area (Å²) in [6.45, 7) is 1.09. The number of aliphatic carboxylic acids is 1. The van der Waals surface area contributed by atoms with Crippen LogP contribution in [0.3, 0.4) is 0 Å². The van der Waals surface area contributed by atoms with E-state index in [1.807, 2.05) is 0 Å². The van der Waals surface area contributed by atoms with E-state index >= 15 is 0 Å². The first-order chi connectivity index (χ1) is 9.29. The van der Waals surface area contributed by atoms with E-state index in [2.05, 4.69) is 4.98 Å². The smallest absolute Gasteiger partial charge is 0.392 e. The number of hydrogen-bond donors (Lipinski definition) is 1. The zero-order valence-electron chi connectivity index (χ0n) is 10.5.